The van der Waals surface area contributed by atoms with E-state index >= 15 is 0 Å². The molecule has 1 unspecified atom stereocenters. The molecule has 1 atom stereocenters. The lowest BCUT2D eigenvalue weighted by atomic mass is 10.2. The Morgan fingerprint density at radius 2 is 2.06 bits per heavy atom. The smallest absolute Gasteiger partial charge is 0.294 e. The van der Waals surface area contributed by atoms with Crippen LogP contribution in [-0.2, 0) is 16.7 Å². The summed E-state index contributed by atoms with van der Waals surface area (Å²) in [4.78, 5) is -0.209. The molecule has 18 heavy (non-hydrogen) atoms. The predicted molar refractivity (Wildman–Crippen MR) is 67.8 cm³/mol. The van der Waals surface area contributed by atoms with E-state index in [0.717, 1.165) is 0 Å². The van der Waals surface area contributed by atoms with Crippen molar-refractivity contribution >= 4 is 44.9 Å². The van der Waals surface area contributed by atoms with Crippen molar-refractivity contribution in [3.05, 3.63) is 23.8 Å². The van der Waals surface area contributed by atoms with Gasteiger partial charge in [0.25, 0.3) is 10.1 Å². The van der Waals surface area contributed by atoms with Crippen LogP contribution in [0.1, 0.15) is 5.56 Å². The summed E-state index contributed by atoms with van der Waals surface area (Å²) in [7, 11) is -4.24. The summed E-state index contributed by atoms with van der Waals surface area (Å²) in [6.07, 6.45) is -0.827. The number of nitrogens with one attached hydrogen (secondary N) is 1. The lowest BCUT2D eigenvalue weighted by molar-refractivity contribution is 0.145. The highest BCUT2D eigenvalue weighted by atomic mass is 35.6. The van der Waals surface area contributed by atoms with Crippen LogP contribution in [0, 0.1) is 0 Å². The molecule has 5 nitrogen and oxygen atoms in total. The van der Waals surface area contributed by atoms with Gasteiger partial charge in [0, 0.05) is 12.1 Å². The van der Waals surface area contributed by atoms with Crippen molar-refractivity contribution < 1.29 is 17.7 Å². The number of benzene rings is 1. The van der Waals surface area contributed by atoms with E-state index < -0.39 is 20.1 Å². The monoisotopic (exact) mass is 331 g/mol. The van der Waals surface area contributed by atoms with Crippen LogP contribution in [0.15, 0.2) is 23.1 Å². The van der Waals surface area contributed by atoms with E-state index in [4.69, 9.17) is 44.1 Å². The first-order chi connectivity index (χ1) is 8.18. The van der Waals surface area contributed by atoms with E-state index in [1.807, 2.05) is 0 Å². The molecule has 9 heteroatoms. The Hall–Kier alpha value is -0.240. The minimum absolute atomic E-state index is 0.209. The number of hydrogen-bond donors (Lipinski definition) is 2. The number of ether oxygens (including phenoxy) is 1. The quantitative estimate of drug-likeness (QED) is 0.608. The predicted octanol–water partition coefficient (Wildman–Crippen LogP) is 2.11. The zero-order valence-corrected chi connectivity index (χ0v) is 11.8. The van der Waals surface area contributed by atoms with Crippen molar-refractivity contribution in [1.29, 1.82) is 0 Å². The van der Waals surface area contributed by atoms with Crippen molar-refractivity contribution in [2.75, 3.05) is 0 Å². The second-order valence-electron chi connectivity index (χ2n) is 3.66. The fraction of sp³-hybridized carbons (Fsp3) is 0.333. The minimum Gasteiger partial charge on any atom is -0.470 e. The number of hydrogen-bond acceptors (Lipinski definition) is 4. The van der Waals surface area contributed by atoms with Gasteiger partial charge in [0.2, 0.25) is 3.79 Å². The van der Waals surface area contributed by atoms with Crippen molar-refractivity contribution in [1.82, 2.24) is 5.32 Å². The lowest BCUT2D eigenvalue weighted by Crippen LogP contribution is -2.47. The van der Waals surface area contributed by atoms with E-state index in [1.165, 1.54) is 18.2 Å². The molecule has 1 aliphatic rings. The number of rotatable bonds is 1. The van der Waals surface area contributed by atoms with Crippen LogP contribution < -0.4 is 10.1 Å². The fourth-order valence-electron chi connectivity index (χ4n) is 1.52. The van der Waals surface area contributed by atoms with E-state index in [2.05, 4.69) is 5.32 Å². The molecular formula is C9H8Cl3NO4S. The van der Waals surface area contributed by atoms with Crippen LogP contribution in [0.5, 0.6) is 5.75 Å². The highest BCUT2D eigenvalue weighted by molar-refractivity contribution is 7.85. The molecule has 1 heterocycles. The van der Waals surface area contributed by atoms with Gasteiger partial charge in [-0.05, 0) is 18.2 Å². The Bertz CT molecular complexity index is 570. The lowest BCUT2D eigenvalue weighted by Gasteiger charge is -2.31. The number of halogens is 3. The number of alkyl halides is 3. The molecule has 0 fully saturated rings. The van der Waals surface area contributed by atoms with Crippen LogP contribution in [0.25, 0.3) is 0 Å². The molecule has 0 amide bonds. The summed E-state index contributed by atoms with van der Waals surface area (Å²) in [6.45, 7) is 0.261. The molecule has 0 aromatic heterocycles. The first-order valence-corrected chi connectivity index (χ1v) is 7.32. The van der Waals surface area contributed by atoms with E-state index in [0.29, 0.717) is 11.3 Å². The highest BCUT2D eigenvalue weighted by Gasteiger charge is 2.37. The molecule has 0 spiro atoms. The molecule has 1 aliphatic heterocycles. The number of fused-ring (bicyclic) bond motifs is 1. The molecule has 1 aromatic rings. The first-order valence-electron chi connectivity index (χ1n) is 4.75. The Labute approximate surface area is 119 Å². The van der Waals surface area contributed by atoms with Crippen LogP contribution >= 0.6 is 34.8 Å². The second-order valence-corrected chi connectivity index (χ2v) is 7.46. The summed E-state index contributed by atoms with van der Waals surface area (Å²) in [5, 5.41) is 2.80. The van der Waals surface area contributed by atoms with Crippen molar-refractivity contribution in [2.45, 2.75) is 21.5 Å². The van der Waals surface area contributed by atoms with Gasteiger partial charge in [0.15, 0.2) is 6.23 Å². The van der Waals surface area contributed by atoms with Crippen molar-refractivity contribution in [3.8, 4) is 5.75 Å². The summed E-state index contributed by atoms with van der Waals surface area (Å²) in [6, 6.07) is 3.92. The maximum atomic E-state index is 11.0. The molecule has 2 N–H and O–H groups in total. The highest BCUT2D eigenvalue weighted by Crippen LogP contribution is 2.36. The van der Waals surface area contributed by atoms with E-state index in [9.17, 15) is 8.42 Å². The van der Waals surface area contributed by atoms with Crippen LogP contribution in [0.2, 0.25) is 0 Å². The van der Waals surface area contributed by atoms with Crippen molar-refractivity contribution in [3.63, 3.8) is 0 Å². The topological polar surface area (TPSA) is 75.6 Å². The fourth-order valence-corrected chi connectivity index (χ4v) is 2.42. The molecular weight excluding hydrogens is 325 g/mol. The maximum Gasteiger partial charge on any atom is 0.294 e. The molecule has 0 saturated heterocycles. The largest absolute Gasteiger partial charge is 0.470 e. The van der Waals surface area contributed by atoms with E-state index in [-0.39, 0.29) is 11.4 Å². The third-order valence-electron chi connectivity index (χ3n) is 2.35. The molecule has 0 aliphatic carbocycles. The standard InChI is InChI=1S/C9H8Cl3NO4S/c10-9(11,12)8-13-4-5-3-6(18(14,15)16)1-2-7(5)17-8/h1-3,8,13H,4H2,(H,14,15,16). The third-order valence-corrected chi connectivity index (χ3v) is 3.79. The van der Waals surface area contributed by atoms with Gasteiger partial charge in [-0.1, -0.05) is 34.8 Å². The van der Waals surface area contributed by atoms with Crippen LogP contribution in [0.3, 0.4) is 0 Å². The summed E-state index contributed by atoms with van der Waals surface area (Å²) >= 11 is 17.1. The maximum absolute atomic E-state index is 11.0. The Balaban J connectivity index is 2.32. The SMILES string of the molecule is O=S(=O)(O)c1ccc2c(c1)CNC(C(Cl)(Cl)Cl)O2. The Morgan fingerprint density at radius 1 is 1.39 bits per heavy atom. The molecule has 1 aromatic carbocycles. The van der Waals surface area contributed by atoms with Gasteiger partial charge < -0.3 is 4.74 Å². The zero-order chi connectivity index (χ0) is 13.6. The molecule has 0 saturated carbocycles. The minimum atomic E-state index is -4.24. The van der Waals surface area contributed by atoms with Crippen LogP contribution in [0.4, 0.5) is 0 Å². The average Bonchev–Trinajstić information content (AvgIpc) is 2.25. The van der Waals surface area contributed by atoms with Crippen LogP contribution in [-0.4, -0.2) is 23.0 Å². The van der Waals surface area contributed by atoms with Gasteiger partial charge in [0.05, 0.1) is 4.90 Å². The van der Waals surface area contributed by atoms with Gasteiger partial charge in [-0.2, -0.15) is 8.42 Å². The summed E-state index contributed by atoms with van der Waals surface area (Å²) < 4.78 is 34.6. The summed E-state index contributed by atoms with van der Waals surface area (Å²) in [5.41, 5.74) is 0.552. The van der Waals surface area contributed by atoms with Gasteiger partial charge in [-0.15, -0.1) is 0 Å². The van der Waals surface area contributed by atoms with Gasteiger partial charge in [-0.25, -0.2) is 0 Å². The van der Waals surface area contributed by atoms with Gasteiger partial charge in [-0.3, -0.25) is 9.87 Å². The molecule has 2 rings (SSSR count). The second kappa shape index (κ2) is 4.70. The third kappa shape index (κ3) is 3.01. The van der Waals surface area contributed by atoms with E-state index in [1.54, 1.807) is 0 Å². The normalized spacial score (nSPS) is 20.1. The Kier molecular flexibility index (Phi) is 3.70. The molecule has 100 valence electrons. The molecule has 0 bridgehead atoms. The Morgan fingerprint density at radius 3 is 2.61 bits per heavy atom. The average molecular weight is 333 g/mol. The summed E-state index contributed by atoms with van der Waals surface area (Å²) in [5.74, 6) is 0.400. The van der Waals surface area contributed by atoms with Gasteiger partial charge >= 0.3 is 0 Å². The first kappa shape index (κ1) is 14.2. The zero-order valence-electron chi connectivity index (χ0n) is 8.73. The molecule has 0 radical (unpaired) electrons. The van der Waals surface area contributed by atoms with Gasteiger partial charge in [0.1, 0.15) is 5.75 Å². The van der Waals surface area contributed by atoms with Crippen molar-refractivity contribution in [2.24, 2.45) is 0 Å².